The molecule has 1 amide bonds. The van der Waals surface area contributed by atoms with Gasteiger partial charge in [-0.1, -0.05) is 55.4 Å². The lowest BCUT2D eigenvalue weighted by molar-refractivity contribution is -0.113. The standard InChI is InChI=1S/C24H26N2O3S/c1-15(2)29-23(28)19-10-8-18(9-11-19)14-21-22(27)26(24(25-21)30-16(3)4)20-12-6-17(5)7-13-20/h6-16H,1-5H3/b21-14-. The number of carbonyl (C=O) groups is 2. The molecule has 2 aromatic carbocycles. The van der Waals surface area contributed by atoms with Crippen LogP contribution in [0.15, 0.2) is 59.2 Å². The molecule has 1 aliphatic heterocycles. The van der Waals surface area contributed by atoms with Crippen LogP contribution >= 0.6 is 11.8 Å². The van der Waals surface area contributed by atoms with Gasteiger partial charge < -0.3 is 4.74 Å². The van der Waals surface area contributed by atoms with Crippen molar-refractivity contribution >= 4 is 40.6 Å². The zero-order valence-electron chi connectivity index (χ0n) is 17.9. The van der Waals surface area contributed by atoms with Crippen LogP contribution in [0.1, 0.15) is 49.2 Å². The van der Waals surface area contributed by atoms with Crippen molar-refractivity contribution in [2.45, 2.75) is 46.0 Å². The molecule has 6 heteroatoms. The number of ether oxygens (including phenoxy) is 1. The predicted octanol–water partition coefficient (Wildman–Crippen LogP) is 5.45. The van der Waals surface area contributed by atoms with E-state index in [2.05, 4.69) is 18.8 Å². The molecular formula is C24H26N2O3S. The van der Waals surface area contributed by atoms with Crippen molar-refractivity contribution in [3.63, 3.8) is 0 Å². The fraction of sp³-hybridized carbons (Fsp3) is 0.292. The third-order valence-corrected chi connectivity index (χ3v) is 5.21. The third kappa shape index (κ3) is 5.19. The summed E-state index contributed by atoms with van der Waals surface area (Å²) in [7, 11) is 0. The lowest BCUT2D eigenvalue weighted by atomic mass is 10.1. The van der Waals surface area contributed by atoms with Crippen LogP contribution in [0.25, 0.3) is 6.08 Å². The number of nitrogens with zero attached hydrogens (tertiary/aromatic N) is 2. The average Bonchev–Trinajstić information content (AvgIpc) is 2.97. The van der Waals surface area contributed by atoms with E-state index >= 15 is 0 Å². The van der Waals surface area contributed by atoms with Gasteiger partial charge in [0.05, 0.1) is 17.4 Å². The van der Waals surface area contributed by atoms with E-state index in [1.54, 1.807) is 47.0 Å². The minimum atomic E-state index is -0.361. The van der Waals surface area contributed by atoms with E-state index < -0.39 is 0 Å². The molecule has 0 saturated carbocycles. The summed E-state index contributed by atoms with van der Waals surface area (Å²) in [5.41, 5.74) is 3.57. The molecule has 0 fully saturated rings. The SMILES string of the molecule is Cc1ccc(N2C(=O)/C(=C/c3ccc(C(=O)OC(C)C)cc3)N=C2SC(C)C)cc1. The van der Waals surface area contributed by atoms with E-state index in [0.29, 0.717) is 16.4 Å². The quantitative estimate of drug-likeness (QED) is 0.475. The number of hydrogen-bond acceptors (Lipinski definition) is 5. The number of aryl methyl sites for hydroxylation is 1. The number of carbonyl (C=O) groups excluding carboxylic acids is 2. The fourth-order valence-corrected chi connectivity index (χ4v) is 3.73. The van der Waals surface area contributed by atoms with Crippen molar-refractivity contribution in [3.8, 4) is 0 Å². The van der Waals surface area contributed by atoms with Gasteiger partial charge in [-0.25, -0.2) is 9.79 Å². The van der Waals surface area contributed by atoms with Crippen molar-refractivity contribution in [1.82, 2.24) is 0 Å². The number of aliphatic imine (C=N–C) groups is 1. The first-order valence-corrected chi connectivity index (χ1v) is 10.8. The normalized spacial score (nSPS) is 15.3. The molecular weight excluding hydrogens is 396 g/mol. The van der Waals surface area contributed by atoms with Crippen molar-refractivity contribution in [2.24, 2.45) is 4.99 Å². The highest BCUT2D eigenvalue weighted by Crippen LogP contribution is 2.31. The second kappa shape index (κ2) is 9.30. The number of rotatable bonds is 5. The van der Waals surface area contributed by atoms with Crippen LogP contribution in [0, 0.1) is 6.92 Å². The van der Waals surface area contributed by atoms with Gasteiger partial charge in [0.2, 0.25) is 0 Å². The summed E-state index contributed by atoms with van der Waals surface area (Å²) in [4.78, 5) is 31.4. The van der Waals surface area contributed by atoms with E-state index in [4.69, 9.17) is 4.74 Å². The summed E-state index contributed by atoms with van der Waals surface area (Å²) in [6.07, 6.45) is 1.57. The Bertz CT molecular complexity index is 990. The summed E-state index contributed by atoms with van der Waals surface area (Å²) in [5, 5.41) is 0.956. The minimum absolute atomic E-state index is 0.162. The first-order chi connectivity index (χ1) is 14.2. The van der Waals surface area contributed by atoms with Crippen LogP contribution in [-0.4, -0.2) is 28.4 Å². The molecule has 2 aromatic rings. The van der Waals surface area contributed by atoms with E-state index in [9.17, 15) is 9.59 Å². The summed E-state index contributed by atoms with van der Waals surface area (Å²) < 4.78 is 5.21. The lowest BCUT2D eigenvalue weighted by Crippen LogP contribution is -2.30. The molecule has 0 saturated heterocycles. The monoisotopic (exact) mass is 422 g/mol. The Morgan fingerprint density at radius 2 is 1.67 bits per heavy atom. The molecule has 0 unspecified atom stereocenters. The number of amides is 1. The predicted molar refractivity (Wildman–Crippen MR) is 124 cm³/mol. The van der Waals surface area contributed by atoms with E-state index in [-0.39, 0.29) is 23.2 Å². The topological polar surface area (TPSA) is 59.0 Å². The molecule has 1 aliphatic rings. The van der Waals surface area contributed by atoms with Gasteiger partial charge in [-0.15, -0.1) is 0 Å². The number of amidine groups is 1. The third-order valence-electron chi connectivity index (χ3n) is 4.26. The number of thioether (sulfide) groups is 1. The molecule has 0 aliphatic carbocycles. The maximum atomic E-state index is 13.1. The molecule has 0 spiro atoms. The Morgan fingerprint density at radius 3 is 2.23 bits per heavy atom. The largest absolute Gasteiger partial charge is 0.459 e. The molecule has 0 atom stereocenters. The second-order valence-electron chi connectivity index (χ2n) is 7.64. The van der Waals surface area contributed by atoms with Gasteiger partial charge in [0, 0.05) is 5.25 Å². The second-order valence-corrected chi connectivity index (χ2v) is 9.19. The highest BCUT2D eigenvalue weighted by atomic mass is 32.2. The Balaban J connectivity index is 1.88. The molecule has 5 nitrogen and oxygen atoms in total. The Morgan fingerprint density at radius 1 is 1.03 bits per heavy atom. The lowest BCUT2D eigenvalue weighted by Gasteiger charge is -2.19. The highest BCUT2D eigenvalue weighted by molar-refractivity contribution is 8.14. The van der Waals surface area contributed by atoms with Gasteiger partial charge in [0.15, 0.2) is 5.17 Å². The molecule has 0 N–H and O–H groups in total. The minimum Gasteiger partial charge on any atom is -0.459 e. The van der Waals surface area contributed by atoms with Crippen molar-refractivity contribution in [2.75, 3.05) is 4.90 Å². The molecule has 30 heavy (non-hydrogen) atoms. The Labute approximate surface area is 181 Å². The summed E-state index contributed by atoms with van der Waals surface area (Å²) in [6.45, 7) is 9.78. The van der Waals surface area contributed by atoms with Gasteiger partial charge in [0.1, 0.15) is 5.70 Å². The number of hydrogen-bond donors (Lipinski definition) is 0. The highest BCUT2D eigenvalue weighted by Gasteiger charge is 2.32. The van der Waals surface area contributed by atoms with E-state index in [1.807, 2.05) is 45.0 Å². The maximum absolute atomic E-state index is 13.1. The zero-order chi connectivity index (χ0) is 21.8. The number of benzene rings is 2. The first-order valence-electron chi connectivity index (χ1n) is 9.94. The summed E-state index contributed by atoms with van der Waals surface area (Å²) in [6, 6.07) is 14.8. The number of anilines is 1. The molecule has 0 bridgehead atoms. The van der Waals surface area contributed by atoms with E-state index in [0.717, 1.165) is 16.8 Å². The van der Waals surface area contributed by atoms with E-state index in [1.165, 1.54) is 0 Å². The summed E-state index contributed by atoms with van der Waals surface area (Å²) >= 11 is 1.55. The molecule has 1 heterocycles. The van der Waals surface area contributed by atoms with Crippen molar-refractivity contribution in [3.05, 3.63) is 70.9 Å². The van der Waals surface area contributed by atoms with Gasteiger partial charge in [-0.05, 0) is 56.7 Å². The first kappa shape index (κ1) is 21.8. The van der Waals surface area contributed by atoms with Crippen LogP contribution in [0.4, 0.5) is 5.69 Å². The summed E-state index contributed by atoms with van der Waals surface area (Å²) in [5.74, 6) is -0.523. The van der Waals surface area contributed by atoms with Crippen molar-refractivity contribution in [1.29, 1.82) is 0 Å². The smallest absolute Gasteiger partial charge is 0.338 e. The average molecular weight is 423 g/mol. The Hall–Kier alpha value is -2.86. The number of esters is 1. The maximum Gasteiger partial charge on any atom is 0.338 e. The van der Waals surface area contributed by atoms with Crippen LogP contribution < -0.4 is 4.90 Å². The molecule has 156 valence electrons. The molecule has 3 rings (SSSR count). The van der Waals surface area contributed by atoms with Gasteiger partial charge in [-0.3, -0.25) is 9.69 Å². The van der Waals surface area contributed by atoms with Crippen LogP contribution in [0.3, 0.4) is 0 Å². The van der Waals surface area contributed by atoms with Crippen LogP contribution in [0.2, 0.25) is 0 Å². The van der Waals surface area contributed by atoms with Gasteiger partial charge in [-0.2, -0.15) is 0 Å². The van der Waals surface area contributed by atoms with Crippen LogP contribution in [-0.2, 0) is 9.53 Å². The van der Waals surface area contributed by atoms with Crippen molar-refractivity contribution < 1.29 is 14.3 Å². The fourth-order valence-electron chi connectivity index (χ4n) is 2.86. The van der Waals surface area contributed by atoms with Gasteiger partial charge in [0.25, 0.3) is 5.91 Å². The molecule has 0 aromatic heterocycles. The zero-order valence-corrected chi connectivity index (χ0v) is 18.7. The van der Waals surface area contributed by atoms with Crippen LogP contribution in [0.5, 0.6) is 0 Å². The molecule has 0 radical (unpaired) electrons. The Kier molecular flexibility index (Phi) is 6.77. The van der Waals surface area contributed by atoms with Gasteiger partial charge >= 0.3 is 5.97 Å².